The predicted molar refractivity (Wildman–Crippen MR) is 513 cm³/mol. The molecule has 27 aliphatic carbocycles. The Hall–Kier alpha value is 0. The van der Waals surface area contributed by atoms with E-state index in [2.05, 4.69) is 138 Å². The standard InChI is InChI=1S/C124H196/c1-21-68-40-57(9)106-65(17)110-66(18)109-64(16)74(24-4)84-44-86-76(26-6)94-49-93-73(23-3)59(11)60(12)105-55(7)30-32-69-41-58(10)107-70-34-39-103-92-45-87-78-29-27-28-77-88-46-97-90-48-98(88)115-81-37-36-80(113(94)122(118(93)105)116(81)121-112(69)99(107)50-95(77)119(115)121)89(86)47-96(84)108(109)56(8)31-35-79(90)114-100(43-83(68)117(106)120(110)114)111(97)71-33-38-102-62(14)72(22-2)63(15)104-51-91(101(78)54-124(102,104)53-71)75(25-5)85(87)42-82(92)61(13)67(19)123(103,20)52-70/h55-122H,21-54H2,1-20H3. The van der Waals surface area contributed by atoms with E-state index in [1.54, 1.807) is 180 Å². The van der Waals surface area contributed by atoms with Gasteiger partial charge in [-0.15, -0.1) is 0 Å². The van der Waals surface area contributed by atoms with Crippen molar-refractivity contribution in [3.8, 4) is 0 Å². The molecule has 0 aliphatic heterocycles. The second kappa shape index (κ2) is 29.3. The van der Waals surface area contributed by atoms with E-state index in [0.29, 0.717) is 10.8 Å². The Morgan fingerprint density at radius 2 is 0.645 bits per heavy atom. The zero-order valence-corrected chi connectivity index (χ0v) is 84.3. The summed E-state index contributed by atoms with van der Waals surface area (Å²) in [5.74, 6) is 66.9. The lowest BCUT2D eigenvalue weighted by atomic mass is 9.32. The van der Waals surface area contributed by atoms with Crippen molar-refractivity contribution in [2.75, 3.05) is 0 Å². The fourth-order valence-electron chi connectivity index (χ4n) is 57.8. The summed E-state index contributed by atoms with van der Waals surface area (Å²) in [6.45, 7) is 59.9. The van der Waals surface area contributed by atoms with E-state index in [1.807, 2.05) is 0 Å². The zero-order valence-electron chi connectivity index (χ0n) is 84.3. The Morgan fingerprint density at radius 3 is 1.39 bits per heavy atom. The van der Waals surface area contributed by atoms with Gasteiger partial charge in [0.1, 0.15) is 0 Å². The first-order valence-corrected chi connectivity index (χ1v) is 60.0. The summed E-state index contributed by atoms with van der Waals surface area (Å²) < 4.78 is 0. The lowest BCUT2D eigenvalue weighted by Crippen LogP contribution is -2.66. The lowest BCUT2D eigenvalue weighted by Gasteiger charge is -2.72. The second-order valence-electron chi connectivity index (χ2n) is 59.2. The van der Waals surface area contributed by atoms with Crippen LogP contribution in [0.25, 0.3) is 0 Å². The minimum absolute atomic E-state index is 0.507. The quantitative estimate of drug-likeness (QED) is 0.249. The van der Waals surface area contributed by atoms with Crippen LogP contribution in [0.3, 0.4) is 0 Å². The summed E-state index contributed by atoms with van der Waals surface area (Å²) in [6.07, 6.45) is 56.3. The van der Waals surface area contributed by atoms with Crippen molar-refractivity contribution < 1.29 is 0 Å². The van der Waals surface area contributed by atoms with E-state index in [0.717, 1.165) is 402 Å². The van der Waals surface area contributed by atoms with Gasteiger partial charge >= 0.3 is 0 Å². The van der Waals surface area contributed by atoms with E-state index in [4.69, 9.17) is 0 Å². The van der Waals surface area contributed by atoms with Crippen LogP contribution in [-0.2, 0) is 0 Å². The molecule has 0 nitrogen and oxygen atoms in total. The van der Waals surface area contributed by atoms with Crippen LogP contribution in [0, 0.1) is 413 Å². The van der Waals surface area contributed by atoms with Crippen LogP contribution in [0.4, 0.5) is 0 Å². The number of hydrogen-bond donors (Lipinski definition) is 0. The molecule has 0 aromatic heterocycles. The maximum Gasteiger partial charge on any atom is -0.0230 e. The summed E-state index contributed by atoms with van der Waals surface area (Å²) in [4.78, 5) is 0. The second-order valence-corrected chi connectivity index (χ2v) is 59.2. The van der Waals surface area contributed by atoms with Gasteiger partial charge in [-0.3, -0.25) is 0 Å². The summed E-state index contributed by atoms with van der Waals surface area (Å²) in [5.41, 5.74) is 1.08. The molecule has 0 aromatic carbocycles. The molecule has 124 heavy (non-hydrogen) atoms. The molecule has 70 unspecified atom stereocenters. The third-order valence-electron chi connectivity index (χ3n) is 59.5. The third-order valence-corrected chi connectivity index (χ3v) is 59.5. The fourth-order valence-corrected chi connectivity index (χ4v) is 57.8. The highest BCUT2D eigenvalue weighted by Crippen LogP contribution is 2.86. The summed E-state index contributed by atoms with van der Waals surface area (Å²) in [7, 11) is 0. The van der Waals surface area contributed by atoms with E-state index in [-0.39, 0.29) is 0 Å². The van der Waals surface area contributed by atoms with Crippen molar-refractivity contribution in [2.24, 2.45) is 413 Å². The first kappa shape index (κ1) is 83.4. The minimum atomic E-state index is 0.507. The summed E-state index contributed by atoms with van der Waals surface area (Å²) in [5, 5.41) is 0. The number of rotatable bonds is 6. The van der Waals surface area contributed by atoms with E-state index >= 15 is 0 Å². The van der Waals surface area contributed by atoms with Crippen LogP contribution in [0.15, 0.2) is 0 Å². The van der Waals surface area contributed by atoms with Crippen LogP contribution in [-0.4, -0.2) is 0 Å². The van der Waals surface area contributed by atoms with Gasteiger partial charge in [-0.05, 0) is 574 Å². The van der Waals surface area contributed by atoms with Gasteiger partial charge in [-0.25, -0.2) is 0 Å². The van der Waals surface area contributed by atoms with Crippen LogP contribution in [0.2, 0.25) is 0 Å². The van der Waals surface area contributed by atoms with Gasteiger partial charge in [0.2, 0.25) is 0 Å². The smallest absolute Gasteiger partial charge is 0.0230 e. The molecule has 0 N–H and O–H groups in total. The molecule has 14 bridgehead atoms. The largest absolute Gasteiger partial charge is 0.0651 e. The van der Waals surface area contributed by atoms with Crippen molar-refractivity contribution in [1.29, 1.82) is 0 Å². The van der Waals surface area contributed by atoms with Gasteiger partial charge in [0.25, 0.3) is 0 Å². The molecule has 27 rings (SSSR count). The molecule has 27 aliphatic rings. The SMILES string of the molecule is CCC1CC(C)C2C(C)C3C(C)C4C(C)C(CC)C5CC6C7CC5C4C(C)CCC4C5CC8C9CC5C(C5CCC%10C(C)C(CC)C(C)C%11CC%12C(CC)C%13CC%14C(C)C(C)C%15(C)CC%16CCC%15C%14CC%13C(CCCC9C9CC%13C%16C(C)CC%14CCC(C)C%15C(C)C(C)C(CC)C%16CC(C6CC)C6C7CCC7C8C9C(C%14%13)C7C6C%16%15)C%12CC%10%11C5)C5CC1C2C3C45. The monoisotopic (exact) mass is 1690 g/mol. The molecule has 692 valence electrons. The van der Waals surface area contributed by atoms with Crippen molar-refractivity contribution in [2.45, 2.75) is 357 Å². The van der Waals surface area contributed by atoms with Crippen molar-refractivity contribution in [3.05, 3.63) is 0 Å². The van der Waals surface area contributed by atoms with Gasteiger partial charge in [0, 0.05) is 0 Å². The highest BCUT2D eigenvalue weighted by molar-refractivity contribution is 5.28. The number of hydrogen-bond acceptors (Lipinski definition) is 0. The Morgan fingerprint density at radius 1 is 0.194 bits per heavy atom. The van der Waals surface area contributed by atoms with E-state index in [9.17, 15) is 0 Å². The van der Waals surface area contributed by atoms with Crippen LogP contribution in [0.5, 0.6) is 0 Å². The molecule has 0 radical (unpaired) electrons. The molecule has 0 heteroatoms. The van der Waals surface area contributed by atoms with Crippen molar-refractivity contribution >= 4 is 0 Å². The van der Waals surface area contributed by atoms with Gasteiger partial charge in [0.15, 0.2) is 0 Å². The van der Waals surface area contributed by atoms with Gasteiger partial charge in [-0.2, -0.15) is 0 Å². The zero-order chi connectivity index (χ0) is 84.3. The van der Waals surface area contributed by atoms with E-state index in [1.165, 1.54) is 38.5 Å². The van der Waals surface area contributed by atoms with Crippen molar-refractivity contribution in [3.63, 3.8) is 0 Å². The molecule has 0 heterocycles. The first-order chi connectivity index (χ1) is 60.0. The molecule has 70 atom stereocenters. The van der Waals surface area contributed by atoms with Crippen molar-refractivity contribution in [1.82, 2.24) is 0 Å². The van der Waals surface area contributed by atoms with Gasteiger partial charge in [0.05, 0.1) is 0 Å². The lowest BCUT2D eigenvalue weighted by molar-refractivity contribution is -0.239. The normalized spacial score (nSPS) is 68.8. The molecular weight excluding hydrogens is 1490 g/mol. The Labute approximate surface area is 764 Å². The van der Waals surface area contributed by atoms with Gasteiger partial charge in [-0.1, -0.05) is 196 Å². The highest BCUT2D eigenvalue weighted by atomic mass is 14.8. The minimum Gasteiger partial charge on any atom is -0.0651 e. The van der Waals surface area contributed by atoms with Crippen LogP contribution in [0.1, 0.15) is 357 Å². The maximum absolute atomic E-state index is 3.21. The van der Waals surface area contributed by atoms with Crippen LogP contribution < -0.4 is 0 Å². The first-order valence-electron chi connectivity index (χ1n) is 60.0. The molecule has 0 amide bonds. The molecule has 1 spiro atoms. The molecule has 0 saturated heterocycles. The molecule has 27 fully saturated rings. The summed E-state index contributed by atoms with van der Waals surface area (Å²) in [6, 6.07) is 0. The Bertz CT molecular complexity index is 3980. The third kappa shape index (κ3) is 10.4. The average Bonchev–Trinajstić information content (AvgIpc) is 1.49. The van der Waals surface area contributed by atoms with Crippen LogP contribution >= 0.6 is 0 Å². The average molecular weight is 1690 g/mol. The molecule has 27 saturated carbocycles. The highest BCUT2D eigenvalue weighted by Gasteiger charge is 2.80. The number of fused-ring (bicyclic) bond motifs is 12. The Kier molecular flexibility index (Phi) is 19.7. The van der Waals surface area contributed by atoms with E-state index < -0.39 is 0 Å². The molecule has 0 aromatic rings. The Balaban J connectivity index is 0.737. The topological polar surface area (TPSA) is 0 Å². The fraction of sp³-hybridized carbons (Fsp3) is 1.00. The molecular formula is C124H196. The van der Waals surface area contributed by atoms with Gasteiger partial charge < -0.3 is 0 Å². The summed E-state index contributed by atoms with van der Waals surface area (Å²) >= 11 is 0. The predicted octanol–water partition coefficient (Wildman–Crippen LogP) is 31.9. The maximum atomic E-state index is 3.21.